The summed E-state index contributed by atoms with van der Waals surface area (Å²) in [4.78, 5) is 2.37. The van der Waals surface area contributed by atoms with Crippen LogP contribution < -0.4 is 4.90 Å². The Hall–Kier alpha value is -8.92. The first-order valence-electron chi connectivity index (χ1n) is 23.1. The predicted molar refractivity (Wildman–Crippen MR) is 283 cm³/mol. The molecular weight excluding hydrogens is 813 g/mol. The van der Waals surface area contributed by atoms with E-state index in [0.717, 1.165) is 50.1 Å². The molecule has 0 atom stereocenters. The first-order valence-corrected chi connectivity index (χ1v) is 23.1. The number of anilines is 3. The van der Waals surface area contributed by atoms with Gasteiger partial charge in [0, 0.05) is 49.4 Å². The van der Waals surface area contributed by atoms with E-state index in [1.54, 1.807) is 0 Å². The third-order valence-electron chi connectivity index (χ3n) is 14.5. The summed E-state index contributed by atoms with van der Waals surface area (Å²) in [5.41, 5.74) is 15.9. The molecule has 0 saturated heterocycles. The summed E-state index contributed by atoms with van der Waals surface area (Å²) in [5.74, 6) is 0. The highest BCUT2D eigenvalue weighted by Crippen LogP contribution is 2.44. The van der Waals surface area contributed by atoms with E-state index in [1.165, 1.54) is 92.7 Å². The van der Waals surface area contributed by atoms with Crippen LogP contribution in [0.3, 0.4) is 0 Å². The highest BCUT2D eigenvalue weighted by molar-refractivity contribution is 6.26. The lowest BCUT2D eigenvalue weighted by Gasteiger charge is -2.26. The first kappa shape index (κ1) is 36.4. The summed E-state index contributed by atoms with van der Waals surface area (Å²) in [6.07, 6.45) is 0. The molecule has 0 aliphatic rings. The maximum Gasteiger partial charge on any atom is 0.136 e. The number of fused-ring (bicyclic) bond motifs is 9. The monoisotopic (exact) mass is 850 g/mol. The number of aromatic nitrogens is 1. The van der Waals surface area contributed by atoms with Gasteiger partial charge in [-0.2, -0.15) is 0 Å². The molecule has 15 aromatic rings. The van der Waals surface area contributed by atoms with Crippen molar-refractivity contribution in [2.24, 2.45) is 0 Å². The van der Waals surface area contributed by atoms with Crippen molar-refractivity contribution in [3.05, 3.63) is 231 Å². The number of hydrogen-bond acceptors (Lipinski definition) is 2. The molecule has 3 heteroatoms. The van der Waals surface area contributed by atoms with Gasteiger partial charge in [0.25, 0.3) is 0 Å². The molecule has 0 radical (unpaired) electrons. The molecule has 0 aliphatic heterocycles. The topological polar surface area (TPSA) is 20.8 Å². The summed E-state index contributed by atoms with van der Waals surface area (Å²) in [5, 5.41) is 15.2. The van der Waals surface area contributed by atoms with Crippen LogP contribution in [0.5, 0.6) is 0 Å². The summed E-state index contributed by atoms with van der Waals surface area (Å²) >= 11 is 0. The molecule has 3 aromatic heterocycles. The zero-order chi connectivity index (χ0) is 43.7. The minimum Gasteiger partial charge on any atom is -0.456 e. The highest BCUT2D eigenvalue weighted by Gasteiger charge is 2.19. The Kier molecular flexibility index (Phi) is 7.50. The molecule has 12 aromatic carbocycles. The van der Waals surface area contributed by atoms with Crippen molar-refractivity contribution in [3.8, 4) is 33.4 Å². The van der Waals surface area contributed by atoms with E-state index in [9.17, 15) is 0 Å². The highest BCUT2D eigenvalue weighted by atomic mass is 16.3. The van der Waals surface area contributed by atoms with E-state index in [1.807, 2.05) is 12.1 Å². The van der Waals surface area contributed by atoms with Crippen molar-refractivity contribution in [1.82, 2.24) is 4.40 Å². The Labute approximate surface area is 385 Å². The Bertz CT molecular complexity index is 4410. The number of para-hydroxylation sites is 3. The fourth-order valence-electron chi connectivity index (χ4n) is 11.3. The molecular formula is C64H38N2O. The van der Waals surface area contributed by atoms with E-state index in [2.05, 4.69) is 228 Å². The molecule has 0 bridgehead atoms. The molecule has 0 amide bonds. The van der Waals surface area contributed by atoms with Crippen molar-refractivity contribution < 1.29 is 4.42 Å². The van der Waals surface area contributed by atoms with Gasteiger partial charge in [0.05, 0.1) is 16.6 Å². The van der Waals surface area contributed by atoms with Crippen molar-refractivity contribution in [1.29, 1.82) is 0 Å². The van der Waals surface area contributed by atoms with E-state index >= 15 is 0 Å². The standard InChI is InChI=1S/C64H38N2O/c1-3-13-58-51(9-1)55-11-6-12-56-57-37-45(26-36-59(57)66(58)64(55)56)39-17-27-47(28-18-39)65(48-29-19-40(20-30-48)46-25-34-53-52-10-2-4-14-60(52)67-61(53)38-46)49-31-21-41(22-32-49)50-33-23-44-16-15-42-7-5-8-43-24-35-54(50)63(44)62(42)43/h1-38H. The van der Waals surface area contributed by atoms with E-state index in [4.69, 9.17) is 4.42 Å². The zero-order valence-corrected chi connectivity index (χ0v) is 36.2. The minimum absolute atomic E-state index is 0.900. The number of furan rings is 1. The molecule has 0 fully saturated rings. The molecule has 0 aliphatic carbocycles. The lowest BCUT2D eigenvalue weighted by atomic mass is 9.90. The van der Waals surface area contributed by atoms with Gasteiger partial charge < -0.3 is 13.7 Å². The van der Waals surface area contributed by atoms with Gasteiger partial charge in [-0.15, -0.1) is 0 Å². The largest absolute Gasteiger partial charge is 0.456 e. The molecule has 310 valence electrons. The molecule has 0 saturated carbocycles. The Morgan fingerprint density at radius 1 is 0.299 bits per heavy atom. The summed E-state index contributed by atoms with van der Waals surface area (Å²) in [7, 11) is 0. The summed E-state index contributed by atoms with van der Waals surface area (Å²) in [6, 6.07) is 84.6. The maximum absolute atomic E-state index is 6.28. The lowest BCUT2D eigenvalue weighted by Crippen LogP contribution is -2.09. The van der Waals surface area contributed by atoms with Crippen LogP contribution in [0.25, 0.3) is 126 Å². The van der Waals surface area contributed by atoms with E-state index < -0.39 is 0 Å². The van der Waals surface area contributed by atoms with Crippen LogP contribution in [-0.4, -0.2) is 4.40 Å². The second-order valence-corrected chi connectivity index (χ2v) is 18.0. The normalized spacial score (nSPS) is 12.2. The fourth-order valence-corrected chi connectivity index (χ4v) is 11.3. The van der Waals surface area contributed by atoms with Crippen LogP contribution in [0.2, 0.25) is 0 Å². The van der Waals surface area contributed by atoms with Gasteiger partial charge in [-0.05, 0) is 138 Å². The predicted octanol–water partition coefficient (Wildman–Crippen LogP) is 18.1. The zero-order valence-electron chi connectivity index (χ0n) is 36.2. The quantitative estimate of drug-likeness (QED) is 0.155. The molecule has 15 rings (SSSR count). The van der Waals surface area contributed by atoms with Crippen molar-refractivity contribution in [2.45, 2.75) is 0 Å². The van der Waals surface area contributed by atoms with Crippen LogP contribution in [0.1, 0.15) is 0 Å². The molecule has 0 spiro atoms. The van der Waals surface area contributed by atoms with Crippen molar-refractivity contribution in [2.75, 3.05) is 4.90 Å². The van der Waals surface area contributed by atoms with E-state index in [0.29, 0.717) is 0 Å². The lowest BCUT2D eigenvalue weighted by molar-refractivity contribution is 0.669. The summed E-state index contributed by atoms with van der Waals surface area (Å²) in [6.45, 7) is 0. The van der Waals surface area contributed by atoms with Crippen LogP contribution in [0, 0.1) is 0 Å². The molecule has 0 N–H and O–H groups in total. The Balaban J connectivity index is 0.827. The van der Waals surface area contributed by atoms with Crippen LogP contribution >= 0.6 is 0 Å². The Morgan fingerprint density at radius 3 is 1.55 bits per heavy atom. The summed E-state index contributed by atoms with van der Waals surface area (Å²) < 4.78 is 8.72. The maximum atomic E-state index is 6.28. The van der Waals surface area contributed by atoms with Gasteiger partial charge >= 0.3 is 0 Å². The van der Waals surface area contributed by atoms with E-state index in [-0.39, 0.29) is 0 Å². The van der Waals surface area contributed by atoms with Gasteiger partial charge in [0.15, 0.2) is 0 Å². The molecule has 3 heterocycles. The van der Waals surface area contributed by atoms with Crippen molar-refractivity contribution >= 4 is 109 Å². The van der Waals surface area contributed by atoms with Crippen LogP contribution in [0.4, 0.5) is 17.1 Å². The van der Waals surface area contributed by atoms with Crippen molar-refractivity contribution in [3.63, 3.8) is 0 Å². The Morgan fingerprint density at radius 2 is 0.806 bits per heavy atom. The van der Waals surface area contributed by atoms with Gasteiger partial charge in [-0.3, -0.25) is 0 Å². The minimum atomic E-state index is 0.900. The smallest absolute Gasteiger partial charge is 0.136 e. The van der Waals surface area contributed by atoms with Gasteiger partial charge in [-0.25, -0.2) is 0 Å². The first-order chi connectivity index (χ1) is 33.2. The second-order valence-electron chi connectivity index (χ2n) is 18.0. The third kappa shape index (κ3) is 5.34. The number of hydrogen-bond donors (Lipinski definition) is 0. The SMILES string of the molecule is c1cc2ccc3ccc(-c4ccc(N(c5ccc(-c6ccc7c(c6)oc6ccccc67)cc5)c5ccc(-c6ccc7c(c6)c6cccc8c9ccccc9n7c86)cc5)cc4)c4ccc(c1)c2c34. The molecule has 0 unspecified atom stereocenters. The average molecular weight is 851 g/mol. The van der Waals surface area contributed by atoms with Crippen LogP contribution in [0.15, 0.2) is 235 Å². The van der Waals surface area contributed by atoms with Gasteiger partial charge in [0.2, 0.25) is 0 Å². The molecule has 3 nitrogen and oxygen atoms in total. The second kappa shape index (κ2) is 13.8. The average Bonchev–Trinajstić information content (AvgIpc) is 4.05. The fraction of sp³-hybridized carbons (Fsp3) is 0. The number of rotatable bonds is 6. The van der Waals surface area contributed by atoms with Gasteiger partial charge in [0.1, 0.15) is 11.2 Å². The number of benzene rings is 12. The van der Waals surface area contributed by atoms with Crippen LogP contribution in [-0.2, 0) is 0 Å². The third-order valence-corrected chi connectivity index (χ3v) is 14.5. The number of nitrogens with zero attached hydrogens (tertiary/aromatic N) is 2. The van der Waals surface area contributed by atoms with Gasteiger partial charge in [-0.1, -0.05) is 158 Å². The molecule has 67 heavy (non-hydrogen) atoms.